The molecule has 5 nitrogen and oxygen atoms in total. The first-order valence-corrected chi connectivity index (χ1v) is 10.7. The summed E-state index contributed by atoms with van der Waals surface area (Å²) < 4.78 is 16.6. The van der Waals surface area contributed by atoms with Crippen molar-refractivity contribution in [2.75, 3.05) is 5.32 Å². The lowest BCUT2D eigenvalue weighted by atomic mass is 9.92. The first kappa shape index (κ1) is 19.2. The van der Waals surface area contributed by atoms with Crippen LogP contribution in [0.15, 0.2) is 42.5 Å². The molecule has 2 aromatic carbocycles. The lowest BCUT2D eigenvalue weighted by Crippen LogP contribution is -2.30. The van der Waals surface area contributed by atoms with Crippen molar-refractivity contribution in [2.45, 2.75) is 63.0 Å². The molecule has 2 N–H and O–H groups in total. The van der Waals surface area contributed by atoms with Crippen LogP contribution in [0.1, 0.15) is 68.5 Å². The van der Waals surface area contributed by atoms with Crippen molar-refractivity contribution < 1.29 is 14.3 Å². The van der Waals surface area contributed by atoms with E-state index in [4.69, 9.17) is 0 Å². The van der Waals surface area contributed by atoms with E-state index in [9.17, 15) is 14.3 Å². The second-order valence-corrected chi connectivity index (χ2v) is 8.89. The average Bonchev–Trinajstić information content (AvgIpc) is 3.45. The molecular weight excluding hydrogens is 381 g/mol. The summed E-state index contributed by atoms with van der Waals surface area (Å²) in [5.74, 6) is 0.213. The van der Waals surface area contributed by atoms with Crippen LogP contribution in [0.5, 0.6) is 0 Å². The topological polar surface area (TPSA) is 67.2 Å². The van der Waals surface area contributed by atoms with Crippen LogP contribution in [0, 0.1) is 5.82 Å². The van der Waals surface area contributed by atoms with E-state index in [-0.39, 0.29) is 24.2 Å². The highest BCUT2D eigenvalue weighted by molar-refractivity contribution is 5.92. The number of anilines is 1. The molecule has 0 spiro atoms. The van der Waals surface area contributed by atoms with Crippen molar-refractivity contribution in [1.29, 1.82) is 0 Å². The Bertz CT molecular complexity index is 1100. The van der Waals surface area contributed by atoms with E-state index in [1.165, 1.54) is 6.07 Å². The van der Waals surface area contributed by atoms with E-state index in [2.05, 4.69) is 14.9 Å². The minimum Gasteiger partial charge on any atom is -0.385 e. The zero-order valence-corrected chi connectivity index (χ0v) is 17.1. The van der Waals surface area contributed by atoms with Crippen molar-refractivity contribution in [3.8, 4) is 0 Å². The fraction of sp³-hybridized carbons (Fsp3) is 0.417. The van der Waals surface area contributed by atoms with Gasteiger partial charge in [0.1, 0.15) is 5.82 Å². The van der Waals surface area contributed by atoms with Crippen molar-refractivity contribution in [3.63, 3.8) is 0 Å². The Kier molecular flexibility index (Phi) is 4.62. The Labute approximate surface area is 174 Å². The summed E-state index contributed by atoms with van der Waals surface area (Å²) in [7, 11) is 0. The predicted molar refractivity (Wildman–Crippen MR) is 114 cm³/mol. The van der Waals surface area contributed by atoms with Gasteiger partial charge >= 0.3 is 0 Å². The molecule has 0 saturated heterocycles. The molecule has 0 radical (unpaired) electrons. The number of carbonyl (C=O) groups excluding carboxylic acids is 1. The lowest BCUT2D eigenvalue weighted by molar-refractivity contribution is -0.120. The normalized spacial score (nSPS) is 18.8. The number of benzene rings is 2. The summed E-state index contributed by atoms with van der Waals surface area (Å²) in [5.41, 5.74) is 1.60. The second kappa shape index (κ2) is 7.20. The average molecular weight is 407 g/mol. The molecule has 1 heterocycles. The number of aromatic nitrogens is 2. The highest BCUT2D eigenvalue weighted by Gasteiger charge is 2.31. The monoisotopic (exact) mass is 407 g/mol. The van der Waals surface area contributed by atoms with Crippen molar-refractivity contribution in [2.24, 2.45) is 0 Å². The van der Waals surface area contributed by atoms with Crippen LogP contribution < -0.4 is 5.32 Å². The van der Waals surface area contributed by atoms with Gasteiger partial charge in [-0.15, -0.1) is 0 Å². The Morgan fingerprint density at radius 1 is 1.23 bits per heavy atom. The van der Waals surface area contributed by atoms with E-state index in [1.54, 1.807) is 19.1 Å². The van der Waals surface area contributed by atoms with Gasteiger partial charge in [0.05, 0.1) is 23.1 Å². The number of hydrogen-bond donors (Lipinski definition) is 2. The van der Waals surface area contributed by atoms with E-state index in [0.29, 0.717) is 22.9 Å². The molecule has 2 fully saturated rings. The molecule has 0 unspecified atom stereocenters. The molecule has 1 atom stereocenters. The van der Waals surface area contributed by atoms with Crippen LogP contribution in [0.4, 0.5) is 10.3 Å². The van der Waals surface area contributed by atoms with Crippen LogP contribution in [0.3, 0.4) is 0 Å². The Morgan fingerprint density at radius 3 is 2.60 bits per heavy atom. The van der Waals surface area contributed by atoms with Gasteiger partial charge in [0.15, 0.2) is 0 Å². The van der Waals surface area contributed by atoms with Gasteiger partial charge < -0.3 is 9.67 Å². The van der Waals surface area contributed by atoms with Crippen molar-refractivity contribution in [3.05, 3.63) is 59.4 Å². The molecule has 0 bridgehead atoms. The van der Waals surface area contributed by atoms with Crippen LogP contribution in [0.2, 0.25) is 0 Å². The third-order valence-corrected chi connectivity index (χ3v) is 6.42. The fourth-order valence-electron chi connectivity index (χ4n) is 4.32. The van der Waals surface area contributed by atoms with Gasteiger partial charge in [0, 0.05) is 12.1 Å². The summed E-state index contributed by atoms with van der Waals surface area (Å²) >= 11 is 0. The van der Waals surface area contributed by atoms with E-state index < -0.39 is 5.60 Å². The van der Waals surface area contributed by atoms with Gasteiger partial charge in [-0.25, -0.2) is 9.37 Å². The van der Waals surface area contributed by atoms with Crippen LogP contribution in [-0.4, -0.2) is 20.6 Å². The number of nitrogens with one attached hydrogen (secondary N) is 1. The largest absolute Gasteiger partial charge is 0.385 e. The number of carbonyl (C=O) groups is 1. The number of rotatable bonds is 6. The first-order chi connectivity index (χ1) is 14.4. The zero-order valence-electron chi connectivity index (χ0n) is 17.1. The molecule has 156 valence electrons. The first-order valence-electron chi connectivity index (χ1n) is 10.7. The highest BCUT2D eigenvalue weighted by Crippen LogP contribution is 2.44. The lowest BCUT2D eigenvalue weighted by Gasteiger charge is -2.29. The molecular formula is C24H26FN3O2. The fourth-order valence-corrected chi connectivity index (χ4v) is 4.32. The maximum absolute atomic E-state index is 14.6. The van der Waals surface area contributed by atoms with Gasteiger partial charge in [-0.05, 0) is 62.1 Å². The third-order valence-electron chi connectivity index (χ3n) is 6.42. The molecule has 1 amide bonds. The Balaban J connectivity index is 1.45. The molecule has 1 aromatic heterocycles. The van der Waals surface area contributed by atoms with Crippen LogP contribution in [-0.2, 0) is 10.4 Å². The van der Waals surface area contributed by atoms with Crippen LogP contribution >= 0.6 is 0 Å². The van der Waals surface area contributed by atoms with Gasteiger partial charge in [-0.1, -0.05) is 30.3 Å². The summed E-state index contributed by atoms with van der Waals surface area (Å²) in [6, 6.07) is 12.8. The highest BCUT2D eigenvalue weighted by atomic mass is 19.1. The molecule has 30 heavy (non-hydrogen) atoms. The molecule has 2 aliphatic rings. The molecule has 0 aliphatic heterocycles. The summed E-state index contributed by atoms with van der Waals surface area (Å²) in [6.07, 6.45) is 5.14. The van der Waals surface area contributed by atoms with Crippen molar-refractivity contribution >= 4 is 22.9 Å². The molecule has 2 saturated carbocycles. The minimum absolute atomic E-state index is 0.0907. The number of amides is 1. The molecule has 2 aliphatic carbocycles. The SMILES string of the molecule is C[C@](O)(CC(=O)Nc1nc2cc(F)c(C3CC3)cc2n1C1CCC1)c1ccccc1. The smallest absolute Gasteiger partial charge is 0.229 e. The quantitative estimate of drug-likeness (QED) is 0.603. The number of fused-ring (bicyclic) bond motifs is 1. The Hall–Kier alpha value is -2.73. The molecule has 5 rings (SSSR count). The van der Waals surface area contributed by atoms with Gasteiger partial charge in [0.2, 0.25) is 11.9 Å². The third kappa shape index (κ3) is 3.49. The number of aliphatic hydroxyl groups is 1. The molecule has 3 aromatic rings. The van der Waals surface area contributed by atoms with Crippen LogP contribution in [0.25, 0.3) is 11.0 Å². The summed E-state index contributed by atoms with van der Waals surface area (Å²) in [5, 5.41) is 13.7. The maximum atomic E-state index is 14.6. The van der Waals surface area contributed by atoms with Gasteiger partial charge in [-0.2, -0.15) is 0 Å². The maximum Gasteiger partial charge on any atom is 0.229 e. The number of imidazole rings is 1. The number of halogens is 1. The summed E-state index contributed by atoms with van der Waals surface area (Å²) in [4.78, 5) is 17.4. The van der Waals surface area contributed by atoms with Crippen molar-refractivity contribution in [1.82, 2.24) is 9.55 Å². The standard InChI is InChI=1S/C24H26FN3O2/c1-24(30,16-6-3-2-4-7-16)14-22(29)27-23-26-20-13-19(25)18(15-10-11-15)12-21(20)28(23)17-8-5-9-17/h2-4,6-7,12-13,15,17,30H,5,8-11,14H2,1H3,(H,26,27,29)/t24-/m0/s1. The second-order valence-electron chi connectivity index (χ2n) is 8.89. The van der Waals surface area contributed by atoms with E-state index >= 15 is 0 Å². The van der Waals surface area contributed by atoms with E-state index in [0.717, 1.165) is 43.2 Å². The summed E-state index contributed by atoms with van der Waals surface area (Å²) in [6.45, 7) is 1.63. The number of hydrogen-bond acceptors (Lipinski definition) is 3. The van der Waals surface area contributed by atoms with E-state index in [1.807, 2.05) is 24.3 Å². The predicted octanol–water partition coefficient (Wildman–Crippen LogP) is 5.01. The zero-order chi connectivity index (χ0) is 20.9. The minimum atomic E-state index is -1.29. The molecule has 6 heteroatoms. The Morgan fingerprint density at radius 2 is 1.97 bits per heavy atom. The van der Waals surface area contributed by atoms with Gasteiger partial charge in [0.25, 0.3) is 0 Å². The number of nitrogens with zero attached hydrogens (tertiary/aromatic N) is 2. The van der Waals surface area contributed by atoms with Gasteiger partial charge in [-0.3, -0.25) is 10.1 Å².